The number of aliphatic hydroxyl groups excluding tert-OH is 1. The third-order valence-corrected chi connectivity index (χ3v) is 1.47. The molecule has 4 nitrogen and oxygen atoms in total. The highest BCUT2D eigenvalue weighted by Crippen LogP contribution is 2.03. The van der Waals surface area contributed by atoms with E-state index < -0.39 is 6.10 Å². The lowest BCUT2D eigenvalue weighted by molar-refractivity contribution is 0.208. The molecule has 0 radical (unpaired) electrons. The molecule has 0 aliphatic heterocycles. The first-order valence-electron chi connectivity index (χ1n) is 4.00. The normalized spacial score (nSPS) is 11.8. The van der Waals surface area contributed by atoms with Gasteiger partial charge in [-0.15, -0.1) is 0 Å². The van der Waals surface area contributed by atoms with Crippen molar-refractivity contribution in [3.63, 3.8) is 0 Å². The van der Waals surface area contributed by atoms with E-state index in [1.807, 2.05) is 6.07 Å². The molecule has 2 N–H and O–H groups in total. The zero-order chi connectivity index (χ0) is 9.68. The average molecular weight is 177 g/mol. The predicted octanol–water partition coefficient (Wildman–Crippen LogP) is 0.746. The summed E-state index contributed by atoms with van der Waals surface area (Å²) in [5.41, 5.74) is 0.530. The standard InChI is InChI=1S/C9H11N3O/c1-7(13)5-11-9-3-2-8(4-10)6-12-9/h2-3,6-7,13H,5H2,1H3,(H,11,12)/t7-/m0/s1. The van der Waals surface area contributed by atoms with Crippen molar-refractivity contribution in [1.29, 1.82) is 5.26 Å². The minimum absolute atomic E-state index is 0.405. The number of nitrogens with one attached hydrogen (secondary N) is 1. The van der Waals surface area contributed by atoms with Crippen LogP contribution in [0.3, 0.4) is 0 Å². The Morgan fingerprint density at radius 2 is 2.46 bits per heavy atom. The molecular formula is C9H11N3O. The fraction of sp³-hybridized carbons (Fsp3) is 0.333. The van der Waals surface area contributed by atoms with Crippen LogP contribution in [-0.2, 0) is 0 Å². The van der Waals surface area contributed by atoms with Crippen LogP contribution >= 0.6 is 0 Å². The van der Waals surface area contributed by atoms with E-state index in [9.17, 15) is 0 Å². The highest BCUT2D eigenvalue weighted by atomic mass is 16.3. The van der Waals surface area contributed by atoms with Crippen LogP contribution in [0.25, 0.3) is 0 Å². The molecule has 1 aromatic heterocycles. The van der Waals surface area contributed by atoms with Gasteiger partial charge >= 0.3 is 0 Å². The SMILES string of the molecule is C[C@H](O)CNc1ccc(C#N)cn1. The molecule has 0 bridgehead atoms. The molecule has 1 atom stereocenters. The summed E-state index contributed by atoms with van der Waals surface area (Å²) in [6.45, 7) is 2.15. The maximum atomic E-state index is 8.97. The van der Waals surface area contributed by atoms with Crippen LogP contribution in [0.2, 0.25) is 0 Å². The molecule has 0 aliphatic rings. The number of pyridine rings is 1. The third kappa shape index (κ3) is 3.09. The number of anilines is 1. The minimum atomic E-state index is -0.405. The van der Waals surface area contributed by atoms with E-state index in [2.05, 4.69) is 10.3 Å². The van der Waals surface area contributed by atoms with Gasteiger partial charge in [0.1, 0.15) is 11.9 Å². The molecule has 0 saturated carbocycles. The fourth-order valence-electron chi connectivity index (χ4n) is 0.817. The van der Waals surface area contributed by atoms with Crippen molar-refractivity contribution < 1.29 is 5.11 Å². The maximum absolute atomic E-state index is 8.97. The number of rotatable bonds is 3. The van der Waals surface area contributed by atoms with Gasteiger partial charge in [-0.1, -0.05) is 0 Å². The molecule has 1 heterocycles. The number of aromatic nitrogens is 1. The maximum Gasteiger partial charge on any atom is 0.126 e. The first-order valence-corrected chi connectivity index (χ1v) is 4.00. The van der Waals surface area contributed by atoms with Gasteiger partial charge < -0.3 is 10.4 Å². The van der Waals surface area contributed by atoms with Gasteiger partial charge in [0.05, 0.1) is 11.7 Å². The topological polar surface area (TPSA) is 68.9 Å². The molecule has 0 aromatic carbocycles. The zero-order valence-electron chi connectivity index (χ0n) is 7.36. The fourth-order valence-corrected chi connectivity index (χ4v) is 0.817. The highest BCUT2D eigenvalue weighted by Gasteiger charge is 1.96. The Labute approximate surface area is 76.8 Å². The zero-order valence-corrected chi connectivity index (χ0v) is 7.36. The Morgan fingerprint density at radius 3 is 2.92 bits per heavy atom. The molecule has 0 saturated heterocycles. The number of nitrogens with zero attached hydrogens (tertiary/aromatic N) is 2. The van der Waals surface area contributed by atoms with Gasteiger partial charge in [0, 0.05) is 12.7 Å². The first kappa shape index (κ1) is 9.49. The van der Waals surface area contributed by atoms with E-state index in [4.69, 9.17) is 10.4 Å². The Hall–Kier alpha value is -1.60. The van der Waals surface area contributed by atoms with Gasteiger partial charge in [0.15, 0.2) is 0 Å². The van der Waals surface area contributed by atoms with Gasteiger partial charge in [-0.3, -0.25) is 0 Å². The third-order valence-electron chi connectivity index (χ3n) is 1.47. The Morgan fingerprint density at radius 1 is 1.69 bits per heavy atom. The lowest BCUT2D eigenvalue weighted by atomic mass is 10.3. The molecule has 0 unspecified atom stereocenters. The Bertz CT molecular complexity index is 300. The van der Waals surface area contributed by atoms with E-state index in [0.29, 0.717) is 17.9 Å². The number of nitriles is 1. The van der Waals surface area contributed by atoms with Crippen molar-refractivity contribution in [2.75, 3.05) is 11.9 Å². The molecule has 4 heteroatoms. The van der Waals surface area contributed by atoms with Crippen molar-refractivity contribution in [2.45, 2.75) is 13.0 Å². The highest BCUT2D eigenvalue weighted by molar-refractivity contribution is 5.38. The van der Waals surface area contributed by atoms with E-state index in [1.54, 1.807) is 19.1 Å². The predicted molar refractivity (Wildman–Crippen MR) is 49.1 cm³/mol. The molecule has 0 fully saturated rings. The largest absolute Gasteiger partial charge is 0.392 e. The number of aliphatic hydroxyl groups is 1. The summed E-state index contributed by atoms with van der Waals surface area (Å²) in [6, 6.07) is 5.37. The summed E-state index contributed by atoms with van der Waals surface area (Å²) in [7, 11) is 0. The lowest BCUT2D eigenvalue weighted by Gasteiger charge is -2.06. The van der Waals surface area contributed by atoms with Gasteiger partial charge in [0.2, 0.25) is 0 Å². The molecule has 0 amide bonds. The second-order valence-electron chi connectivity index (χ2n) is 2.77. The summed E-state index contributed by atoms with van der Waals surface area (Å²) in [5.74, 6) is 0.667. The number of hydrogen-bond acceptors (Lipinski definition) is 4. The Kier molecular flexibility index (Phi) is 3.23. The second-order valence-corrected chi connectivity index (χ2v) is 2.77. The summed E-state index contributed by atoms with van der Waals surface area (Å²) in [6.07, 6.45) is 1.09. The molecule has 0 spiro atoms. The van der Waals surface area contributed by atoms with E-state index in [1.165, 1.54) is 6.20 Å². The smallest absolute Gasteiger partial charge is 0.126 e. The van der Waals surface area contributed by atoms with Gasteiger partial charge in [-0.05, 0) is 19.1 Å². The van der Waals surface area contributed by atoms with Gasteiger partial charge in [-0.2, -0.15) is 5.26 Å². The van der Waals surface area contributed by atoms with Crippen LogP contribution in [0.5, 0.6) is 0 Å². The summed E-state index contributed by atoms with van der Waals surface area (Å²) in [5, 5.41) is 20.4. The van der Waals surface area contributed by atoms with Gasteiger partial charge in [0.25, 0.3) is 0 Å². The lowest BCUT2D eigenvalue weighted by Crippen LogP contribution is -2.15. The minimum Gasteiger partial charge on any atom is -0.392 e. The quantitative estimate of drug-likeness (QED) is 0.714. The molecule has 1 aromatic rings. The van der Waals surface area contributed by atoms with Crippen LogP contribution in [0, 0.1) is 11.3 Å². The van der Waals surface area contributed by atoms with Crippen LogP contribution in [0.4, 0.5) is 5.82 Å². The van der Waals surface area contributed by atoms with Crippen LogP contribution < -0.4 is 5.32 Å². The number of hydrogen-bond donors (Lipinski definition) is 2. The molecular weight excluding hydrogens is 166 g/mol. The Balaban J connectivity index is 2.55. The summed E-state index contributed by atoms with van der Waals surface area (Å²) in [4.78, 5) is 3.98. The monoisotopic (exact) mass is 177 g/mol. The summed E-state index contributed by atoms with van der Waals surface area (Å²) < 4.78 is 0. The van der Waals surface area contributed by atoms with E-state index in [-0.39, 0.29) is 0 Å². The second kappa shape index (κ2) is 4.43. The molecule has 68 valence electrons. The van der Waals surface area contributed by atoms with Crippen LogP contribution in [0.1, 0.15) is 12.5 Å². The molecule has 0 aliphatic carbocycles. The van der Waals surface area contributed by atoms with Crippen LogP contribution in [-0.4, -0.2) is 22.7 Å². The summed E-state index contributed by atoms with van der Waals surface area (Å²) >= 11 is 0. The van der Waals surface area contributed by atoms with Gasteiger partial charge in [-0.25, -0.2) is 4.98 Å². The van der Waals surface area contributed by atoms with Crippen molar-refractivity contribution in [3.8, 4) is 6.07 Å². The van der Waals surface area contributed by atoms with Crippen LogP contribution in [0.15, 0.2) is 18.3 Å². The van der Waals surface area contributed by atoms with Crippen molar-refractivity contribution in [2.24, 2.45) is 0 Å². The van der Waals surface area contributed by atoms with Crippen molar-refractivity contribution >= 4 is 5.82 Å². The van der Waals surface area contributed by atoms with E-state index in [0.717, 1.165) is 0 Å². The first-order chi connectivity index (χ1) is 6.22. The van der Waals surface area contributed by atoms with Crippen molar-refractivity contribution in [3.05, 3.63) is 23.9 Å². The molecule has 13 heavy (non-hydrogen) atoms. The van der Waals surface area contributed by atoms with Crippen molar-refractivity contribution in [1.82, 2.24) is 4.98 Å². The van der Waals surface area contributed by atoms with E-state index >= 15 is 0 Å². The molecule has 1 rings (SSSR count). The average Bonchev–Trinajstić information content (AvgIpc) is 2.15.